The SMILES string of the molecule is COCC(Nc1ccc(C(=O)O)cc1C)C(C)C. The first-order chi connectivity index (χ1) is 8.45. The Morgan fingerprint density at radius 2 is 2.11 bits per heavy atom. The van der Waals surface area contributed by atoms with Gasteiger partial charge in [0.15, 0.2) is 0 Å². The number of benzene rings is 1. The highest BCUT2D eigenvalue weighted by Crippen LogP contribution is 2.19. The summed E-state index contributed by atoms with van der Waals surface area (Å²) in [6.07, 6.45) is 0. The first-order valence-corrected chi connectivity index (χ1v) is 6.05. The van der Waals surface area contributed by atoms with E-state index in [0.29, 0.717) is 18.1 Å². The number of aryl methyl sites for hydroxylation is 1. The van der Waals surface area contributed by atoms with Gasteiger partial charge in [-0.25, -0.2) is 4.79 Å². The van der Waals surface area contributed by atoms with Crippen molar-refractivity contribution in [2.75, 3.05) is 19.0 Å². The van der Waals surface area contributed by atoms with Gasteiger partial charge in [0.2, 0.25) is 0 Å². The van der Waals surface area contributed by atoms with Crippen LogP contribution < -0.4 is 5.32 Å². The maximum Gasteiger partial charge on any atom is 0.335 e. The number of nitrogens with one attached hydrogen (secondary N) is 1. The minimum Gasteiger partial charge on any atom is -0.478 e. The third-order valence-corrected chi connectivity index (χ3v) is 2.97. The molecule has 0 saturated heterocycles. The second-order valence-electron chi connectivity index (χ2n) is 4.79. The summed E-state index contributed by atoms with van der Waals surface area (Å²) in [7, 11) is 1.68. The van der Waals surface area contributed by atoms with Crippen LogP contribution in [0.3, 0.4) is 0 Å². The number of ether oxygens (including phenoxy) is 1. The number of hydrogen-bond acceptors (Lipinski definition) is 3. The lowest BCUT2D eigenvalue weighted by Crippen LogP contribution is -2.30. The number of methoxy groups -OCH3 is 1. The normalized spacial score (nSPS) is 12.5. The zero-order chi connectivity index (χ0) is 13.7. The lowest BCUT2D eigenvalue weighted by molar-refractivity contribution is 0.0697. The Kier molecular flexibility index (Phi) is 5.16. The Bertz CT molecular complexity index is 416. The van der Waals surface area contributed by atoms with Crippen molar-refractivity contribution in [2.45, 2.75) is 26.8 Å². The van der Waals surface area contributed by atoms with Crippen LogP contribution in [0.25, 0.3) is 0 Å². The number of rotatable bonds is 6. The summed E-state index contributed by atoms with van der Waals surface area (Å²) in [5.74, 6) is -0.467. The molecule has 4 heteroatoms. The molecule has 0 aliphatic heterocycles. The molecule has 1 rings (SSSR count). The van der Waals surface area contributed by atoms with Crippen molar-refractivity contribution in [1.82, 2.24) is 0 Å². The molecule has 0 fully saturated rings. The second kappa shape index (κ2) is 6.40. The quantitative estimate of drug-likeness (QED) is 0.816. The van der Waals surface area contributed by atoms with E-state index in [9.17, 15) is 4.79 Å². The maximum absolute atomic E-state index is 10.9. The van der Waals surface area contributed by atoms with E-state index in [1.54, 1.807) is 19.2 Å². The molecule has 0 aromatic heterocycles. The summed E-state index contributed by atoms with van der Waals surface area (Å²) in [5.41, 5.74) is 2.19. The molecule has 0 spiro atoms. The van der Waals surface area contributed by atoms with Crippen molar-refractivity contribution in [3.05, 3.63) is 29.3 Å². The molecule has 0 aliphatic rings. The monoisotopic (exact) mass is 251 g/mol. The number of aromatic carboxylic acids is 1. The molecule has 0 bridgehead atoms. The molecule has 18 heavy (non-hydrogen) atoms. The fourth-order valence-corrected chi connectivity index (χ4v) is 1.74. The van der Waals surface area contributed by atoms with Gasteiger partial charge in [-0.3, -0.25) is 0 Å². The Balaban J connectivity index is 2.86. The highest BCUT2D eigenvalue weighted by atomic mass is 16.5. The van der Waals surface area contributed by atoms with E-state index >= 15 is 0 Å². The van der Waals surface area contributed by atoms with Crippen molar-refractivity contribution in [2.24, 2.45) is 5.92 Å². The van der Waals surface area contributed by atoms with E-state index in [1.807, 2.05) is 13.0 Å². The zero-order valence-electron chi connectivity index (χ0n) is 11.4. The van der Waals surface area contributed by atoms with Gasteiger partial charge in [0.25, 0.3) is 0 Å². The number of hydrogen-bond donors (Lipinski definition) is 2. The fourth-order valence-electron chi connectivity index (χ4n) is 1.74. The maximum atomic E-state index is 10.9. The first kappa shape index (κ1) is 14.5. The van der Waals surface area contributed by atoms with Crippen LogP contribution in [0, 0.1) is 12.8 Å². The van der Waals surface area contributed by atoms with Gasteiger partial charge in [-0.15, -0.1) is 0 Å². The Morgan fingerprint density at radius 3 is 2.56 bits per heavy atom. The van der Waals surface area contributed by atoms with Gasteiger partial charge in [0.1, 0.15) is 0 Å². The Labute approximate surface area is 108 Å². The molecule has 1 atom stereocenters. The van der Waals surface area contributed by atoms with Gasteiger partial charge >= 0.3 is 5.97 Å². The minimum absolute atomic E-state index is 0.212. The van der Waals surface area contributed by atoms with Gasteiger partial charge in [-0.2, -0.15) is 0 Å². The first-order valence-electron chi connectivity index (χ1n) is 6.05. The lowest BCUT2D eigenvalue weighted by Gasteiger charge is -2.23. The summed E-state index contributed by atoms with van der Waals surface area (Å²) in [6.45, 7) is 6.77. The Morgan fingerprint density at radius 1 is 1.44 bits per heavy atom. The van der Waals surface area contributed by atoms with Gasteiger partial charge in [0, 0.05) is 12.8 Å². The summed E-state index contributed by atoms with van der Waals surface area (Å²) in [4.78, 5) is 10.9. The molecule has 4 nitrogen and oxygen atoms in total. The predicted octanol–water partition coefficient (Wildman–Crippen LogP) is 2.78. The fraction of sp³-hybridized carbons (Fsp3) is 0.500. The van der Waals surface area contributed by atoms with E-state index in [4.69, 9.17) is 9.84 Å². The van der Waals surface area contributed by atoms with Crippen LogP contribution in [-0.2, 0) is 4.74 Å². The predicted molar refractivity (Wildman–Crippen MR) is 72.3 cm³/mol. The van der Waals surface area contributed by atoms with Crippen molar-refractivity contribution in [1.29, 1.82) is 0 Å². The molecule has 100 valence electrons. The topological polar surface area (TPSA) is 58.6 Å². The van der Waals surface area contributed by atoms with Crippen molar-refractivity contribution < 1.29 is 14.6 Å². The molecule has 1 aromatic rings. The van der Waals surface area contributed by atoms with Crippen molar-refractivity contribution in [3.63, 3.8) is 0 Å². The van der Waals surface area contributed by atoms with Gasteiger partial charge < -0.3 is 15.2 Å². The van der Waals surface area contributed by atoms with Gasteiger partial charge in [-0.1, -0.05) is 13.8 Å². The van der Waals surface area contributed by atoms with Crippen LogP contribution in [0.15, 0.2) is 18.2 Å². The minimum atomic E-state index is -0.901. The van der Waals surface area contributed by atoms with Crippen LogP contribution in [-0.4, -0.2) is 30.8 Å². The summed E-state index contributed by atoms with van der Waals surface area (Å²) >= 11 is 0. The molecule has 0 amide bonds. The number of anilines is 1. The van der Waals surface area contributed by atoms with E-state index in [-0.39, 0.29) is 6.04 Å². The standard InChI is InChI=1S/C14H21NO3/c1-9(2)13(8-18-4)15-12-6-5-11(14(16)17)7-10(12)3/h5-7,9,13,15H,8H2,1-4H3,(H,16,17). The lowest BCUT2D eigenvalue weighted by atomic mass is 10.0. The molecule has 1 unspecified atom stereocenters. The number of carboxylic acid groups (broad SMARTS) is 1. The van der Waals surface area contributed by atoms with E-state index in [2.05, 4.69) is 19.2 Å². The molecule has 1 aromatic carbocycles. The largest absolute Gasteiger partial charge is 0.478 e. The molecule has 0 heterocycles. The highest BCUT2D eigenvalue weighted by Gasteiger charge is 2.14. The van der Waals surface area contributed by atoms with Crippen molar-refractivity contribution >= 4 is 11.7 Å². The van der Waals surface area contributed by atoms with Crippen LogP contribution in [0.4, 0.5) is 5.69 Å². The van der Waals surface area contributed by atoms with Crippen LogP contribution >= 0.6 is 0 Å². The molecule has 0 radical (unpaired) electrons. The molecule has 2 N–H and O–H groups in total. The third-order valence-electron chi connectivity index (χ3n) is 2.97. The number of carbonyl (C=O) groups is 1. The van der Waals surface area contributed by atoms with Gasteiger partial charge in [-0.05, 0) is 36.6 Å². The van der Waals surface area contributed by atoms with E-state index < -0.39 is 5.97 Å². The molecule has 0 aliphatic carbocycles. The average Bonchev–Trinajstić information content (AvgIpc) is 2.30. The van der Waals surface area contributed by atoms with E-state index in [0.717, 1.165) is 11.3 Å². The van der Waals surface area contributed by atoms with Crippen LogP contribution in [0.5, 0.6) is 0 Å². The average molecular weight is 251 g/mol. The Hall–Kier alpha value is -1.55. The zero-order valence-corrected chi connectivity index (χ0v) is 11.4. The molecular formula is C14H21NO3. The van der Waals surface area contributed by atoms with Gasteiger partial charge in [0.05, 0.1) is 18.2 Å². The smallest absolute Gasteiger partial charge is 0.335 e. The van der Waals surface area contributed by atoms with Crippen molar-refractivity contribution in [3.8, 4) is 0 Å². The highest BCUT2D eigenvalue weighted by molar-refractivity contribution is 5.88. The summed E-state index contributed by atoms with van der Waals surface area (Å²) in [5, 5.41) is 12.3. The van der Waals surface area contributed by atoms with Crippen LogP contribution in [0.1, 0.15) is 29.8 Å². The van der Waals surface area contributed by atoms with E-state index in [1.165, 1.54) is 0 Å². The third kappa shape index (κ3) is 3.74. The summed E-state index contributed by atoms with van der Waals surface area (Å²) < 4.78 is 5.18. The molecule has 0 saturated carbocycles. The summed E-state index contributed by atoms with van der Waals surface area (Å²) in [6, 6.07) is 5.31. The number of carboxylic acids is 1. The van der Waals surface area contributed by atoms with Crippen LogP contribution in [0.2, 0.25) is 0 Å². The molecular weight excluding hydrogens is 230 g/mol. The second-order valence-corrected chi connectivity index (χ2v) is 4.79.